The van der Waals surface area contributed by atoms with E-state index in [1.54, 1.807) is 0 Å². The van der Waals surface area contributed by atoms with E-state index in [-0.39, 0.29) is 0 Å². The van der Waals surface area contributed by atoms with Gasteiger partial charge in [0.25, 0.3) is 0 Å². The molecular formula is C6H12BN2+. The molecule has 1 rings (SSSR count). The fourth-order valence-electron chi connectivity index (χ4n) is 0.846. The van der Waals surface area contributed by atoms with Crippen LogP contribution in [0, 0.1) is 0 Å². The second-order valence-electron chi connectivity index (χ2n) is 2.45. The van der Waals surface area contributed by atoms with E-state index in [0.29, 0.717) is 6.98 Å². The van der Waals surface area contributed by atoms with Crippen LogP contribution in [0.1, 0.15) is 0 Å². The van der Waals surface area contributed by atoms with Gasteiger partial charge >= 0.3 is 6.98 Å². The first-order valence-corrected chi connectivity index (χ1v) is 3.17. The molecule has 2 nitrogen and oxygen atoms in total. The quantitative estimate of drug-likeness (QED) is 0.419. The fourth-order valence-corrected chi connectivity index (χ4v) is 0.846. The van der Waals surface area contributed by atoms with Gasteiger partial charge in [0.2, 0.25) is 0 Å². The maximum atomic E-state index is 2.17. The molecule has 0 amide bonds. The van der Waals surface area contributed by atoms with Crippen molar-refractivity contribution in [2.75, 3.05) is 14.1 Å². The third-order valence-corrected chi connectivity index (χ3v) is 1.82. The van der Waals surface area contributed by atoms with Crippen molar-refractivity contribution >= 4 is 13.2 Å². The van der Waals surface area contributed by atoms with Crippen molar-refractivity contribution in [1.29, 1.82) is 0 Å². The molecule has 0 aromatic carbocycles. The monoisotopic (exact) mass is 123 g/mol. The Morgan fingerprint density at radius 1 is 1.56 bits per heavy atom. The lowest BCUT2D eigenvalue weighted by molar-refractivity contribution is -0.355. The predicted molar refractivity (Wildman–Crippen MR) is 40.8 cm³/mol. The molecule has 0 bridgehead atoms. The van der Waals surface area contributed by atoms with Crippen LogP contribution in [0.4, 0.5) is 0 Å². The number of allylic oxidation sites excluding steroid dienone is 1. The molecule has 0 radical (unpaired) electrons. The Morgan fingerprint density at radius 2 is 2.22 bits per heavy atom. The summed E-state index contributed by atoms with van der Waals surface area (Å²) in [7, 11) is 4.15. The maximum Gasteiger partial charge on any atom is 0.606 e. The molecule has 9 heavy (non-hydrogen) atoms. The van der Waals surface area contributed by atoms with Crippen molar-refractivity contribution in [3.8, 4) is 0 Å². The SMILES string of the molecule is CB1N(C)C=CC=[N+]1C. The van der Waals surface area contributed by atoms with Crippen LogP contribution in [0.15, 0.2) is 12.3 Å². The average molecular weight is 123 g/mol. The highest BCUT2D eigenvalue weighted by Gasteiger charge is 2.26. The first-order valence-electron chi connectivity index (χ1n) is 3.17. The van der Waals surface area contributed by atoms with Crippen molar-refractivity contribution in [1.82, 2.24) is 4.81 Å². The van der Waals surface area contributed by atoms with E-state index in [1.165, 1.54) is 0 Å². The third-order valence-electron chi connectivity index (χ3n) is 1.82. The molecule has 0 unspecified atom stereocenters. The van der Waals surface area contributed by atoms with Gasteiger partial charge in [-0.3, -0.25) is 0 Å². The van der Waals surface area contributed by atoms with E-state index in [4.69, 9.17) is 0 Å². The Morgan fingerprint density at radius 3 is 2.67 bits per heavy atom. The van der Waals surface area contributed by atoms with Gasteiger partial charge in [-0.05, 0) is 13.2 Å². The van der Waals surface area contributed by atoms with E-state index in [1.807, 2.05) is 6.08 Å². The molecule has 0 N–H and O–H groups in total. The molecule has 0 saturated carbocycles. The van der Waals surface area contributed by atoms with Crippen molar-refractivity contribution in [2.24, 2.45) is 0 Å². The molecule has 1 aliphatic heterocycles. The van der Waals surface area contributed by atoms with E-state index in [2.05, 4.69) is 42.6 Å². The zero-order chi connectivity index (χ0) is 6.85. The van der Waals surface area contributed by atoms with Gasteiger partial charge in [0.05, 0.1) is 0 Å². The molecule has 0 aromatic rings. The summed E-state index contributed by atoms with van der Waals surface area (Å²) < 4.78 is 2.17. The third kappa shape index (κ3) is 1.15. The van der Waals surface area contributed by atoms with Crippen LogP contribution in [0.3, 0.4) is 0 Å². The molecule has 3 heteroatoms. The largest absolute Gasteiger partial charge is 0.606 e. The summed E-state index contributed by atoms with van der Waals surface area (Å²) in [4.78, 5) is 2.17. The van der Waals surface area contributed by atoms with Gasteiger partial charge in [-0.25, -0.2) is 0 Å². The van der Waals surface area contributed by atoms with Crippen LogP contribution in [-0.4, -0.2) is 36.6 Å². The number of nitrogens with zero attached hydrogens (tertiary/aromatic N) is 2. The van der Waals surface area contributed by atoms with Crippen LogP contribution in [0.2, 0.25) is 6.82 Å². The Hall–Kier alpha value is -0.725. The summed E-state index contributed by atoms with van der Waals surface area (Å²) in [5.41, 5.74) is 0. The Balaban J connectivity index is 2.73. The van der Waals surface area contributed by atoms with E-state index in [0.717, 1.165) is 0 Å². The van der Waals surface area contributed by atoms with Crippen LogP contribution in [-0.2, 0) is 0 Å². The fraction of sp³-hybridized carbons (Fsp3) is 0.500. The Kier molecular flexibility index (Phi) is 1.60. The van der Waals surface area contributed by atoms with Gasteiger partial charge in [-0.1, -0.05) is 0 Å². The highest BCUT2D eigenvalue weighted by Crippen LogP contribution is 1.95. The molecule has 0 atom stereocenters. The molecule has 0 aromatic heterocycles. The first kappa shape index (κ1) is 6.40. The van der Waals surface area contributed by atoms with Crippen molar-refractivity contribution in [2.45, 2.75) is 6.82 Å². The first-order chi connectivity index (χ1) is 4.22. The van der Waals surface area contributed by atoms with Gasteiger partial charge in [0, 0.05) is 12.9 Å². The molecular weight excluding hydrogens is 111 g/mol. The van der Waals surface area contributed by atoms with Crippen molar-refractivity contribution in [3.05, 3.63) is 12.3 Å². The predicted octanol–water partition coefficient (Wildman–Crippen LogP) is 0.277. The Bertz CT molecular complexity index is 162. The second-order valence-corrected chi connectivity index (χ2v) is 2.45. The van der Waals surface area contributed by atoms with Crippen LogP contribution in [0.5, 0.6) is 0 Å². The van der Waals surface area contributed by atoms with Gasteiger partial charge < -0.3 is 9.30 Å². The average Bonchev–Trinajstić information content (AvgIpc) is 1.83. The summed E-state index contributed by atoms with van der Waals surface area (Å²) in [6, 6.07) is 0. The van der Waals surface area contributed by atoms with E-state index in [9.17, 15) is 0 Å². The summed E-state index contributed by atoms with van der Waals surface area (Å²) >= 11 is 0. The van der Waals surface area contributed by atoms with Crippen LogP contribution < -0.4 is 0 Å². The minimum absolute atomic E-state index is 0.495. The smallest absolute Gasteiger partial charge is 0.360 e. The van der Waals surface area contributed by atoms with Gasteiger partial charge in [-0.15, -0.1) is 0 Å². The molecule has 1 aliphatic rings. The molecule has 1 heterocycles. The van der Waals surface area contributed by atoms with Crippen molar-refractivity contribution in [3.63, 3.8) is 0 Å². The van der Waals surface area contributed by atoms with Gasteiger partial charge in [0.1, 0.15) is 13.3 Å². The molecule has 48 valence electrons. The lowest BCUT2D eigenvalue weighted by Gasteiger charge is -2.16. The molecule has 0 fully saturated rings. The highest BCUT2D eigenvalue weighted by molar-refractivity contribution is 6.46. The number of rotatable bonds is 0. The van der Waals surface area contributed by atoms with E-state index >= 15 is 0 Å². The molecule has 0 aliphatic carbocycles. The summed E-state index contributed by atoms with van der Waals surface area (Å²) in [5, 5.41) is 0. The van der Waals surface area contributed by atoms with E-state index < -0.39 is 0 Å². The summed E-state index contributed by atoms with van der Waals surface area (Å²) in [6.45, 7) is 2.66. The maximum absolute atomic E-state index is 2.17. The lowest BCUT2D eigenvalue weighted by atomic mass is 9.77. The minimum atomic E-state index is 0.495. The second kappa shape index (κ2) is 2.25. The molecule has 0 saturated heterocycles. The minimum Gasteiger partial charge on any atom is -0.360 e. The zero-order valence-electron chi connectivity index (χ0n) is 6.20. The summed E-state index contributed by atoms with van der Waals surface area (Å²) in [6.07, 6.45) is 6.19. The van der Waals surface area contributed by atoms with Gasteiger partial charge in [-0.2, -0.15) is 0 Å². The van der Waals surface area contributed by atoms with Crippen molar-refractivity contribution < 1.29 is 4.49 Å². The van der Waals surface area contributed by atoms with Crippen LogP contribution in [0.25, 0.3) is 0 Å². The molecule has 0 spiro atoms. The zero-order valence-corrected chi connectivity index (χ0v) is 6.20. The standard InChI is InChI=1S/C6H12BN2/c1-7-8(2)5-4-6-9(7)3/h4-6H,1-3H3/q+1. The van der Waals surface area contributed by atoms with Crippen LogP contribution >= 0.6 is 0 Å². The lowest BCUT2D eigenvalue weighted by Crippen LogP contribution is -2.41. The summed E-state index contributed by atoms with van der Waals surface area (Å²) in [5.74, 6) is 0. The van der Waals surface area contributed by atoms with Gasteiger partial charge in [0.15, 0.2) is 0 Å². The normalized spacial score (nSPS) is 18.3. The highest BCUT2D eigenvalue weighted by atomic mass is 15.1. The topological polar surface area (TPSA) is 6.25 Å². The Labute approximate surface area is 56.6 Å². The number of hydrogen-bond donors (Lipinski definition) is 0. The number of hydrogen-bond acceptors (Lipinski definition) is 1.